The second-order valence-corrected chi connectivity index (χ2v) is 9.44. The van der Waals surface area contributed by atoms with Crippen molar-refractivity contribution in [2.24, 2.45) is 0 Å². The van der Waals surface area contributed by atoms with Crippen LogP contribution in [-0.2, 0) is 30.6 Å². The zero-order chi connectivity index (χ0) is 21.8. The number of thiazole rings is 1. The monoisotopic (exact) mass is 435 g/mol. The number of aromatic nitrogens is 1. The van der Waals surface area contributed by atoms with Gasteiger partial charge < -0.3 is 15.5 Å². The number of hydrogen-bond acceptors (Lipinski definition) is 6. The molecular weight excluding hydrogens is 406 g/mol. The molecular formula is C24H29N5OS. The van der Waals surface area contributed by atoms with Gasteiger partial charge in [0, 0.05) is 30.6 Å². The Hall–Kier alpha value is -2.69. The predicted molar refractivity (Wildman–Crippen MR) is 124 cm³/mol. The molecule has 2 aromatic rings. The highest BCUT2D eigenvalue weighted by Gasteiger charge is 2.20. The van der Waals surface area contributed by atoms with Crippen molar-refractivity contribution in [3.63, 3.8) is 0 Å². The zero-order valence-corrected chi connectivity index (χ0v) is 19.0. The van der Waals surface area contributed by atoms with Crippen LogP contribution >= 0.6 is 11.3 Å². The van der Waals surface area contributed by atoms with Crippen molar-refractivity contribution in [1.82, 2.24) is 15.2 Å². The van der Waals surface area contributed by atoms with E-state index in [2.05, 4.69) is 52.7 Å². The molecule has 6 nitrogen and oxygen atoms in total. The number of aryl methyl sites for hydroxylation is 2. The SMILES string of the molecule is CCC(NC(=O)/C(C#N)=C\Nc1nc2c(s1)CN(C)CC2)c1ccc2c(c1)CCCC2. The van der Waals surface area contributed by atoms with Crippen LogP contribution in [0.15, 0.2) is 30.0 Å². The smallest absolute Gasteiger partial charge is 0.263 e. The third-order valence-electron chi connectivity index (χ3n) is 6.12. The van der Waals surface area contributed by atoms with Crippen LogP contribution in [-0.4, -0.2) is 29.4 Å². The molecule has 2 aliphatic rings. The minimum Gasteiger partial charge on any atom is -0.345 e. The molecule has 1 amide bonds. The van der Waals surface area contributed by atoms with Crippen LogP contribution < -0.4 is 10.6 Å². The van der Waals surface area contributed by atoms with E-state index in [0.29, 0.717) is 0 Å². The fourth-order valence-electron chi connectivity index (χ4n) is 4.29. The molecule has 1 aliphatic heterocycles. The van der Waals surface area contributed by atoms with Crippen LogP contribution in [0.25, 0.3) is 0 Å². The van der Waals surface area contributed by atoms with E-state index in [1.807, 2.05) is 6.07 Å². The highest BCUT2D eigenvalue weighted by Crippen LogP contribution is 2.28. The number of carbonyl (C=O) groups is 1. The zero-order valence-electron chi connectivity index (χ0n) is 18.2. The summed E-state index contributed by atoms with van der Waals surface area (Å²) in [6, 6.07) is 8.46. The van der Waals surface area contributed by atoms with Gasteiger partial charge in [0.15, 0.2) is 5.13 Å². The lowest BCUT2D eigenvalue weighted by atomic mass is 9.88. The number of fused-ring (bicyclic) bond motifs is 2. The Morgan fingerprint density at radius 2 is 2.13 bits per heavy atom. The van der Waals surface area contributed by atoms with Crippen LogP contribution in [0.1, 0.15) is 59.5 Å². The maximum Gasteiger partial charge on any atom is 0.263 e. The van der Waals surface area contributed by atoms with Crippen molar-refractivity contribution in [2.75, 3.05) is 18.9 Å². The lowest BCUT2D eigenvalue weighted by Crippen LogP contribution is -2.29. The quantitative estimate of drug-likeness (QED) is 0.527. The lowest BCUT2D eigenvalue weighted by Gasteiger charge is -2.21. The molecule has 1 atom stereocenters. The Kier molecular flexibility index (Phi) is 6.69. The summed E-state index contributed by atoms with van der Waals surface area (Å²) in [4.78, 5) is 20.9. The van der Waals surface area contributed by atoms with Crippen LogP contribution in [0.2, 0.25) is 0 Å². The average Bonchev–Trinajstić information content (AvgIpc) is 3.19. The number of benzene rings is 1. The fourth-order valence-corrected chi connectivity index (χ4v) is 5.35. The summed E-state index contributed by atoms with van der Waals surface area (Å²) in [6.45, 7) is 3.94. The summed E-state index contributed by atoms with van der Waals surface area (Å²) in [5, 5.41) is 16.4. The van der Waals surface area contributed by atoms with E-state index in [9.17, 15) is 10.1 Å². The number of likely N-dealkylation sites (N-methyl/N-ethyl adjacent to an activating group) is 1. The molecule has 2 heterocycles. The Morgan fingerprint density at radius 1 is 1.32 bits per heavy atom. The van der Waals surface area contributed by atoms with E-state index < -0.39 is 0 Å². The molecule has 1 aromatic heterocycles. The summed E-state index contributed by atoms with van der Waals surface area (Å²) >= 11 is 1.58. The maximum absolute atomic E-state index is 12.8. The first kappa shape index (κ1) is 21.5. The Bertz CT molecular complexity index is 1040. The van der Waals surface area contributed by atoms with Crippen molar-refractivity contribution in [3.8, 4) is 6.07 Å². The van der Waals surface area contributed by atoms with Crippen molar-refractivity contribution >= 4 is 22.4 Å². The van der Waals surface area contributed by atoms with Gasteiger partial charge in [-0.15, -0.1) is 11.3 Å². The molecule has 0 saturated heterocycles. The Labute approximate surface area is 188 Å². The predicted octanol–water partition coefficient (Wildman–Crippen LogP) is 4.10. The Balaban J connectivity index is 1.43. The van der Waals surface area contributed by atoms with E-state index in [1.54, 1.807) is 11.3 Å². The molecule has 162 valence electrons. The van der Waals surface area contributed by atoms with Crippen molar-refractivity contribution in [3.05, 3.63) is 57.2 Å². The standard InChI is InChI=1S/C24H29N5OS/c1-3-20(18-9-8-16-6-4-5-7-17(16)12-18)27-23(30)19(13-25)14-26-24-28-21-10-11-29(2)15-22(21)31-24/h8-9,12,14,20H,3-7,10-11,15H2,1-2H3,(H,26,28)(H,27,30)/b19-14-. The van der Waals surface area contributed by atoms with Crippen LogP contribution in [0.3, 0.4) is 0 Å². The van der Waals surface area contributed by atoms with Gasteiger partial charge in [0.25, 0.3) is 5.91 Å². The van der Waals surface area contributed by atoms with Gasteiger partial charge >= 0.3 is 0 Å². The summed E-state index contributed by atoms with van der Waals surface area (Å²) in [6.07, 6.45) is 7.90. The van der Waals surface area contributed by atoms with E-state index in [1.165, 1.54) is 35.0 Å². The first-order chi connectivity index (χ1) is 15.1. The molecule has 7 heteroatoms. The van der Waals surface area contributed by atoms with Crippen molar-refractivity contribution in [1.29, 1.82) is 5.26 Å². The van der Waals surface area contributed by atoms with E-state index >= 15 is 0 Å². The molecule has 0 radical (unpaired) electrons. The largest absolute Gasteiger partial charge is 0.345 e. The van der Waals surface area contributed by atoms with Gasteiger partial charge in [0.05, 0.1) is 11.7 Å². The third kappa shape index (κ3) is 4.97. The van der Waals surface area contributed by atoms with Gasteiger partial charge in [-0.1, -0.05) is 25.1 Å². The number of nitriles is 1. The second kappa shape index (κ2) is 9.63. The number of nitrogens with zero attached hydrogens (tertiary/aromatic N) is 3. The number of nitrogens with one attached hydrogen (secondary N) is 2. The van der Waals surface area contributed by atoms with Crippen molar-refractivity contribution < 1.29 is 4.79 Å². The highest BCUT2D eigenvalue weighted by atomic mass is 32.1. The van der Waals surface area contributed by atoms with E-state index in [0.717, 1.165) is 55.2 Å². The van der Waals surface area contributed by atoms with Crippen LogP contribution in [0.4, 0.5) is 5.13 Å². The number of amides is 1. The number of carbonyl (C=O) groups excluding carboxylic acids is 1. The molecule has 1 unspecified atom stereocenters. The molecule has 1 aromatic carbocycles. The lowest BCUT2D eigenvalue weighted by molar-refractivity contribution is -0.117. The maximum atomic E-state index is 12.8. The second-order valence-electron chi connectivity index (χ2n) is 8.36. The van der Waals surface area contributed by atoms with Crippen LogP contribution in [0.5, 0.6) is 0 Å². The van der Waals surface area contributed by atoms with Crippen LogP contribution in [0, 0.1) is 11.3 Å². The van der Waals surface area contributed by atoms with Gasteiger partial charge in [-0.05, 0) is 55.8 Å². The van der Waals surface area contributed by atoms with Gasteiger partial charge in [-0.2, -0.15) is 5.26 Å². The highest BCUT2D eigenvalue weighted by molar-refractivity contribution is 7.15. The van der Waals surface area contributed by atoms with Gasteiger partial charge in [-0.3, -0.25) is 4.79 Å². The van der Waals surface area contributed by atoms with E-state index in [4.69, 9.17) is 0 Å². The third-order valence-corrected chi connectivity index (χ3v) is 7.13. The first-order valence-corrected chi connectivity index (χ1v) is 11.9. The topological polar surface area (TPSA) is 81.0 Å². The molecule has 0 bridgehead atoms. The van der Waals surface area contributed by atoms with Gasteiger partial charge in [-0.25, -0.2) is 4.98 Å². The molecule has 31 heavy (non-hydrogen) atoms. The minimum absolute atomic E-state index is 0.0571. The number of rotatable bonds is 6. The fraction of sp³-hybridized carbons (Fsp3) is 0.458. The summed E-state index contributed by atoms with van der Waals surface area (Å²) in [5.74, 6) is -0.361. The number of hydrogen-bond donors (Lipinski definition) is 2. The van der Waals surface area contributed by atoms with Gasteiger partial charge in [0.1, 0.15) is 11.6 Å². The summed E-state index contributed by atoms with van der Waals surface area (Å²) in [5.41, 5.74) is 5.10. The summed E-state index contributed by atoms with van der Waals surface area (Å²) in [7, 11) is 2.10. The minimum atomic E-state index is -0.361. The average molecular weight is 436 g/mol. The number of anilines is 1. The summed E-state index contributed by atoms with van der Waals surface area (Å²) < 4.78 is 0. The molecule has 4 rings (SSSR count). The van der Waals surface area contributed by atoms with Gasteiger partial charge in [0.2, 0.25) is 0 Å². The molecule has 0 saturated carbocycles. The molecule has 2 N–H and O–H groups in total. The normalized spacial score (nSPS) is 17.3. The van der Waals surface area contributed by atoms with Crippen molar-refractivity contribution in [2.45, 2.75) is 58.0 Å². The molecule has 1 aliphatic carbocycles. The van der Waals surface area contributed by atoms with E-state index in [-0.39, 0.29) is 17.5 Å². The first-order valence-electron chi connectivity index (χ1n) is 11.0. The Morgan fingerprint density at radius 3 is 2.90 bits per heavy atom. The molecule has 0 spiro atoms. The molecule has 0 fully saturated rings.